The number of aromatic amines is 1. The molecule has 0 fully saturated rings. The molecule has 168 valence electrons. The van der Waals surface area contributed by atoms with Crippen molar-refractivity contribution in [3.8, 4) is 0 Å². The van der Waals surface area contributed by atoms with Crippen LogP contribution >= 0.6 is 12.6 Å². The molecule has 0 aliphatic heterocycles. The first-order valence-electron chi connectivity index (χ1n) is 9.19. The number of carbonyl (C=O) groups excluding carboxylic acids is 3. The van der Waals surface area contributed by atoms with Crippen molar-refractivity contribution in [2.45, 2.75) is 44.4 Å². The number of H-pyrrole nitrogens is 1. The fourth-order valence-electron chi connectivity index (χ4n) is 2.32. The van der Waals surface area contributed by atoms with Gasteiger partial charge in [0.1, 0.15) is 18.1 Å². The summed E-state index contributed by atoms with van der Waals surface area (Å²) in [5, 5.41) is 25.7. The van der Waals surface area contributed by atoms with Crippen molar-refractivity contribution in [1.82, 2.24) is 25.9 Å². The van der Waals surface area contributed by atoms with Crippen LogP contribution in [0.5, 0.6) is 0 Å². The zero-order valence-electron chi connectivity index (χ0n) is 16.7. The molecule has 0 spiro atoms. The molecule has 0 saturated carbocycles. The Morgan fingerprint density at radius 2 is 1.67 bits per heavy atom. The van der Waals surface area contributed by atoms with Gasteiger partial charge >= 0.3 is 5.97 Å². The van der Waals surface area contributed by atoms with E-state index < -0.39 is 54.5 Å². The van der Waals surface area contributed by atoms with Gasteiger partial charge in [0.15, 0.2) is 0 Å². The Morgan fingerprint density at radius 1 is 1.10 bits per heavy atom. The Balaban J connectivity index is 2.74. The van der Waals surface area contributed by atoms with Crippen LogP contribution in [-0.4, -0.2) is 80.4 Å². The summed E-state index contributed by atoms with van der Waals surface area (Å²) >= 11 is 4.01. The van der Waals surface area contributed by atoms with Gasteiger partial charge in [-0.05, 0) is 5.92 Å². The Labute approximate surface area is 178 Å². The molecule has 12 nitrogen and oxygen atoms in total. The number of carbonyl (C=O) groups is 4. The number of amides is 3. The van der Waals surface area contributed by atoms with Gasteiger partial charge in [-0.1, -0.05) is 13.8 Å². The molecular weight excluding hydrogens is 416 g/mol. The van der Waals surface area contributed by atoms with Crippen LogP contribution in [0.15, 0.2) is 12.5 Å². The third-order valence-electron chi connectivity index (χ3n) is 4.25. The minimum Gasteiger partial charge on any atom is -0.480 e. The molecule has 30 heavy (non-hydrogen) atoms. The van der Waals surface area contributed by atoms with Crippen LogP contribution in [0.2, 0.25) is 0 Å². The SMILES string of the molecule is CC(C)C(N)C(=O)NC(CO)C(=O)NC(CS)C(=O)NC(Cc1cnc[nH]1)C(=O)O. The van der Waals surface area contributed by atoms with E-state index in [2.05, 4.69) is 38.5 Å². The van der Waals surface area contributed by atoms with E-state index in [-0.39, 0.29) is 18.1 Å². The third-order valence-corrected chi connectivity index (χ3v) is 4.61. The van der Waals surface area contributed by atoms with Crippen LogP contribution in [0.4, 0.5) is 0 Å². The van der Waals surface area contributed by atoms with Gasteiger partial charge < -0.3 is 36.9 Å². The molecule has 0 radical (unpaired) electrons. The first-order valence-corrected chi connectivity index (χ1v) is 9.82. The molecule has 1 aromatic heterocycles. The van der Waals surface area contributed by atoms with Gasteiger partial charge in [0, 0.05) is 24.1 Å². The number of imidazole rings is 1. The highest BCUT2D eigenvalue weighted by Crippen LogP contribution is 2.02. The number of thiol groups is 1. The number of aromatic nitrogens is 2. The Morgan fingerprint density at radius 3 is 2.13 bits per heavy atom. The van der Waals surface area contributed by atoms with E-state index in [1.165, 1.54) is 12.5 Å². The molecule has 4 atom stereocenters. The number of rotatable bonds is 12. The van der Waals surface area contributed by atoms with Crippen LogP contribution < -0.4 is 21.7 Å². The summed E-state index contributed by atoms with van der Waals surface area (Å²) in [6.45, 7) is 2.73. The van der Waals surface area contributed by atoms with Crippen molar-refractivity contribution in [1.29, 1.82) is 0 Å². The molecule has 8 N–H and O–H groups in total. The molecule has 0 aromatic carbocycles. The molecule has 13 heteroatoms. The fourth-order valence-corrected chi connectivity index (χ4v) is 2.58. The lowest BCUT2D eigenvalue weighted by molar-refractivity contribution is -0.142. The number of hydrogen-bond donors (Lipinski definition) is 8. The second kappa shape index (κ2) is 12.1. The average Bonchev–Trinajstić information content (AvgIpc) is 3.21. The van der Waals surface area contributed by atoms with Crippen LogP contribution in [0.3, 0.4) is 0 Å². The molecule has 1 rings (SSSR count). The van der Waals surface area contributed by atoms with Gasteiger partial charge in [-0.2, -0.15) is 12.6 Å². The zero-order valence-corrected chi connectivity index (χ0v) is 17.6. The van der Waals surface area contributed by atoms with Gasteiger partial charge in [-0.3, -0.25) is 14.4 Å². The third kappa shape index (κ3) is 7.65. The van der Waals surface area contributed by atoms with Gasteiger partial charge in [-0.15, -0.1) is 0 Å². The quantitative estimate of drug-likeness (QED) is 0.160. The minimum atomic E-state index is -1.34. The summed E-state index contributed by atoms with van der Waals surface area (Å²) in [5.41, 5.74) is 6.21. The lowest BCUT2D eigenvalue weighted by atomic mass is 10.0. The number of nitrogens with zero attached hydrogens (tertiary/aromatic N) is 1. The van der Waals surface area contributed by atoms with E-state index in [1.807, 2.05) is 0 Å². The molecule has 0 aliphatic rings. The highest BCUT2D eigenvalue weighted by Gasteiger charge is 2.30. The number of carboxylic acids is 1. The normalized spacial score (nSPS) is 15.0. The van der Waals surface area contributed by atoms with Crippen LogP contribution in [0.1, 0.15) is 19.5 Å². The van der Waals surface area contributed by atoms with E-state index in [9.17, 15) is 29.4 Å². The molecular formula is C17H28N6O6S. The second-order valence-corrected chi connectivity index (χ2v) is 7.30. The summed E-state index contributed by atoms with van der Waals surface area (Å²) < 4.78 is 0. The van der Waals surface area contributed by atoms with Gasteiger partial charge in [0.2, 0.25) is 17.7 Å². The van der Waals surface area contributed by atoms with Crippen molar-refractivity contribution in [3.05, 3.63) is 18.2 Å². The number of hydrogen-bond acceptors (Lipinski definition) is 8. The molecule has 0 aliphatic carbocycles. The van der Waals surface area contributed by atoms with Crippen molar-refractivity contribution >= 4 is 36.3 Å². The van der Waals surface area contributed by atoms with Crippen molar-refractivity contribution < 1.29 is 29.4 Å². The van der Waals surface area contributed by atoms with E-state index in [0.717, 1.165) is 0 Å². The van der Waals surface area contributed by atoms with Gasteiger partial charge in [-0.25, -0.2) is 9.78 Å². The van der Waals surface area contributed by atoms with Crippen molar-refractivity contribution in [3.63, 3.8) is 0 Å². The van der Waals surface area contributed by atoms with E-state index in [4.69, 9.17) is 5.73 Å². The molecule has 3 amide bonds. The number of aliphatic hydroxyl groups excluding tert-OH is 1. The summed E-state index contributed by atoms with van der Waals surface area (Å²) in [4.78, 5) is 54.8. The maximum atomic E-state index is 12.5. The predicted molar refractivity (Wildman–Crippen MR) is 109 cm³/mol. The van der Waals surface area contributed by atoms with Crippen molar-refractivity contribution in [2.24, 2.45) is 11.7 Å². The smallest absolute Gasteiger partial charge is 0.326 e. The summed E-state index contributed by atoms with van der Waals surface area (Å²) in [6, 6.07) is -4.68. The van der Waals surface area contributed by atoms with E-state index in [1.54, 1.807) is 13.8 Å². The first-order chi connectivity index (χ1) is 14.1. The molecule has 1 aromatic rings. The van der Waals surface area contributed by atoms with Crippen molar-refractivity contribution in [2.75, 3.05) is 12.4 Å². The number of aliphatic carboxylic acids is 1. The summed E-state index contributed by atoms with van der Waals surface area (Å²) in [7, 11) is 0. The fraction of sp³-hybridized carbons (Fsp3) is 0.588. The number of nitrogens with two attached hydrogens (primary N) is 1. The van der Waals surface area contributed by atoms with E-state index >= 15 is 0 Å². The first kappa shape index (κ1) is 25.4. The summed E-state index contributed by atoms with van der Waals surface area (Å²) in [5.74, 6) is -3.86. The summed E-state index contributed by atoms with van der Waals surface area (Å²) in [6.07, 6.45) is 2.76. The zero-order chi connectivity index (χ0) is 22.8. The predicted octanol–water partition coefficient (Wildman–Crippen LogP) is -2.60. The topological polar surface area (TPSA) is 200 Å². The number of carboxylic acid groups (broad SMARTS) is 1. The Bertz CT molecular complexity index is 728. The molecule has 0 bridgehead atoms. The van der Waals surface area contributed by atoms with Crippen LogP contribution in [0, 0.1) is 5.92 Å². The molecule has 0 saturated heterocycles. The average molecular weight is 445 g/mol. The lowest BCUT2D eigenvalue weighted by Gasteiger charge is -2.24. The Kier molecular flexibility index (Phi) is 10.3. The largest absolute Gasteiger partial charge is 0.480 e. The van der Waals surface area contributed by atoms with Crippen LogP contribution in [0.25, 0.3) is 0 Å². The molecule has 1 heterocycles. The van der Waals surface area contributed by atoms with Gasteiger partial charge in [0.25, 0.3) is 0 Å². The van der Waals surface area contributed by atoms with Gasteiger partial charge in [0.05, 0.1) is 19.0 Å². The Hall–Kier alpha value is -2.64. The maximum absolute atomic E-state index is 12.5. The van der Waals surface area contributed by atoms with E-state index in [0.29, 0.717) is 5.69 Å². The molecule has 4 unspecified atom stereocenters. The minimum absolute atomic E-state index is 0.0449. The maximum Gasteiger partial charge on any atom is 0.326 e. The highest BCUT2D eigenvalue weighted by molar-refractivity contribution is 7.80. The van der Waals surface area contributed by atoms with Crippen LogP contribution in [-0.2, 0) is 25.6 Å². The number of nitrogens with one attached hydrogen (secondary N) is 4. The lowest BCUT2D eigenvalue weighted by Crippen LogP contribution is -2.59. The second-order valence-electron chi connectivity index (χ2n) is 6.94. The standard InChI is InChI=1S/C17H28N6O6S/c1-8(2)13(18)16(27)22-11(5-24)14(25)23-12(6-30)15(26)21-10(17(28)29)3-9-4-19-7-20-9/h4,7-8,10-13,24,30H,3,5-6,18H2,1-2H3,(H,19,20)(H,21,26)(H,22,27)(H,23,25)(H,28,29). The monoisotopic (exact) mass is 444 g/mol. The highest BCUT2D eigenvalue weighted by atomic mass is 32.1. The number of aliphatic hydroxyl groups is 1.